The van der Waals surface area contributed by atoms with Crippen molar-refractivity contribution in [2.75, 3.05) is 13.1 Å². The molecule has 0 atom stereocenters. The molecule has 8 heteroatoms. The lowest BCUT2D eigenvalue weighted by Crippen LogP contribution is -2.40. The van der Waals surface area contributed by atoms with Gasteiger partial charge in [-0.25, -0.2) is 4.98 Å². The molecule has 1 saturated heterocycles. The maximum absolute atomic E-state index is 12.7. The topological polar surface area (TPSA) is 84.4 Å². The summed E-state index contributed by atoms with van der Waals surface area (Å²) >= 11 is 6.22. The van der Waals surface area contributed by atoms with Crippen molar-refractivity contribution < 1.29 is 14.3 Å². The molecule has 4 aromatic rings. The normalized spacial score (nSPS) is 14.9. The first kappa shape index (κ1) is 20.7. The van der Waals surface area contributed by atoms with Crippen molar-refractivity contribution in [2.45, 2.75) is 31.8 Å². The number of aliphatic hydroxyl groups excluding tert-OH is 1. The van der Waals surface area contributed by atoms with E-state index in [4.69, 9.17) is 21.0 Å². The lowest BCUT2D eigenvalue weighted by atomic mass is 10.1. The van der Waals surface area contributed by atoms with Gasteiger partial charge in [-0.3, -0.25) is 9.36 Å². The van der Waals surface area contributed by atoms with Crippen LogP contribution in [-0.2, 0) is 11.2 Å². The number of hydrogen-bond acceptors (Lipinski definition) is 5. The number of aliphatic hydroxyl groups is 1. The van der Waals surface area contributed by atoms with Gasteiger partial charge in [-0.05, 0) is 37.1 Å². The molecule has 2 aromatic carbocycles. The Kier molecular flexibility index (Phi) is 5.68. The summed E-state index contributed by atoms with van der Waals surface area (Å²) in [6.07, 6.45) is 3.35. The minimum atomic E-state index is -0.310. The van der Waals surface area contributed by atoms with Gasteiger partial charge in [0.25, 0.3) is 0 Å². The largest absolute Gasteiger partial charge is 0.427 e. The summed E-state index contributed by atoms with van der Waals surface area (Å²) in [6.45, 7) is 1.17. The molecule has 7 nitrogen and oxygen atoms in total. The van der Waals surface area contributed by atoms with Crippen LogP contribution in [0.3, 0.4) is 0 Å². The summed E-state index contributed by atoms with van der Waals surface area (Å²) in [7, 11) is 0. The Bertz CT molecular complexity index is 1260. The molecular formula is C24H23ClN4O3. The summed E-state index contributed by atoms with van der Waals surface area (Å²) in [5.41, 5.74) is 3.24. The number of aryl methyl sites for hydroxylation is 1. The van der Waals surface area contributed by atoms with Crippen LogP contribution in [0.1, 0.15) is 25.0 Å². The first-order chi connectivity index (χ1) is 15.6. The van der Waals surface area contributed by atoms with Gasteiger partial charge in [0, 0.05) is 36.5 Å². The highest BCUT2D eigenvalue weighted by molar-refractivity contribution is 6.30. The average molecular weight is 451 g/mol. The number of oxazole rings is 1. The number of carbonyl (C=O) groups excluding carboxylic acids is 1. The van der Waals surface area contributed by atoms with Crippen molar-refractivity contribution in [1.82, 2.24) is 19.4 Å². The van der Waals surface area contributed by atoms with E-state index < -0.39 is 0 Å². The van der Waals surface area contributed by atoms with E-state index >= 15 is 0 Å². The minimum Gasteiger partial charge on any atom is -0.427 e. The second-order valence-corrected chi connectivity index (χ2v) is 8.43. The second kappa shape index (κ2) is 8.76. The molecule has 1 aliphatic rings. The average Bonchev–Trinajstić information content (AvgIpc) is 3.42. The van der Waals surface area contributed by atoms with Crippen molar-refractivity contribution in [2.24, 2.45) is 0 Å². The molecule has 0 aliphatic carbocycles. The van der Waals surface area contributed by atoms with Crippen LogP contribution in [0, 0.1) is 0 Å². The van der Waals surface area contributed by atoms with E-state index in [2.05, 4.69) is 4.98 Å². The lowest BCUT2D eigenvalue weighted by Gasteiger charge is -2.29. The number of rotatable bonds is 5. The quantitative estimate of drug-likeness (QED) is 0.491. The third kappa shape index (κ3) is 4.13. The summed E-state index contributed by atoms with van der Waals surface area (Å²) in [4.78, 5) is 23.7. The zero-order valence-corrected chi connectivity index (χ0v) is 18.2. The van der Waals surface area contributed by atoms with Crippen LogP contribution in [0.2, 0.25) is 5.02 Å². The molecule has 0 saturated carbocycles. The molecule has 0 radical (unpaired) electrons. The standard InChI is InChI=1S/C24H23ClN4O3/c25-17-5-3-4-16(14-17)23-21(8-9-22(31)28-12-10-18(30)11-13-28)32-24(27-23)29-15-26-19-6-1-2-7-20(19)29/h1-7,14-15,18,30H,8-13H2. The number of aromatic nitrogens is 3. The smallest absolute Gasteiger partial charge is 0.308 e. The van der Waals surface area contributed by atoms with Crippen LogP contribution in [0.4, 0.5) is 0 Å². The fraction of sp³-hybridized carbons (Fsp3) is 0.292. The van der Waals surface area contributed by atoms with E-state index in [9.17, 15) is 9.90 Å². The number of carbonyl (C=O) groups is 1. The predicted octanol–water partition coefficient (Wildman–Crippen LogP) is 4.25. The molecule has 1 fully saturated rings. The number of likely N-dealkylation sites (tertiary alicyclic amines) is 1. The number of amides is 1. The van der Waals surface area contributed by atoms with Crippen molar-refractivity contribution in [3.05, 3.63) is 65.6 Å². The van der Waals surface area contributed by atoms with E-state index in [0.29, 0.717) is 61.3 Å². The van der Waals surface area contributed by atoms with Crippen LogP contribution in [0.5, 0.6) is 0 Å². The maximum atomic E-state index is 12.7. The Balaban J connectivity index is 1.46. The van der Waals surface area contributed by atoms with E-state index in [1.807, 2.05) is 53.4 Å². The highest BCUT2D eigenvalue weighted by Gasteiger charge is 2.23. The molecule has 32 heavy (non-hydrogen) atoms. The van der Waals surface area contributed by atoms with Gasteiger partial charge in [0.15, 0.2) is 0 Å². The van der Waals surface area contributed by atoms with Crippen LogP contribution in [0.25, 0.3) is 28.3 Å². The third-order valence-corrected chi connectivity index (χ3v) is 6.06. The van der Waals surface area contributed by atoms with Gasteiger partial charge in [-0.15, -0.1) is 0 Å². The van der Waals surface area contributed by atoms with Crippen LogP contribution in [0.15, 0.2) is 59.3 Å². The fourth-order valence-corrected chi connectivity index (χ4v) is 4.27. The third-order valence-electron chi connectivity index (χ3n) is 5.83. The fourth-order valence-electron chi connectivity index (χ4n) is 4.08. The summed E-state index contributed by atoms with van der Waals surface area (Å²) < 4.78 is 7.98. The Morgan fingerprint density at radius 3 is 2.78 bits per heavy atom. The molecule has 164 valence electrons. The molecule has 1 amide bonds. The number of halogens is 1. The number of hydrogen-bond donors (Lipinski definition) is 1. The van der Waals surface area contributed by atoms with Crippen LogP contribution in [-0.4, -0.2) is 49.6 Å². The Labute approximate surface area is 190 Å². The van der Waals surface area contributed by atoms with E-state index in [1.54, 1.807) is 10.9 Å². The maximum Gasteiger partial charge on any atom is 0.308 e. The first-order valence-corrected chi connectivity index (χ1v) is 11.1. The first-order valence-electron chi connectivity index (χ1n) is 10.7. The van der Waals surface area contributed by atoms with Gasteiger partial charge in [0.05, 0.1) is 17.1 Å². The highest BCUT2D eigenvalue weighted by Crippen LogP contribution is 2.30. The molecule has 1 N–H and O–H groups in total. The minimum absolute atomic E-state index is 0.0555. The number of fused-ring (bicyclic) bond motifs is 1. The van der Waals surface area contributed by atoms with Gasteiger partial charge >= 0.3 is 6.01 Å². The summed E-state index contributed by atoms with van der Waals surface area (Å²) in [6, 6.07) is 15.6. The van der Waals surface area contributed by atoms with E-state index in [0.717, 1.165) is 16.6 Å². The second-order valence-electron chi connectivity index (χ2n) is 7.99. The Morgan fingerprint density at radius 1 is 1.16 bits per heavy atom. The number of imidazole rings is 1. The van der Waals surface area contributed by atoms with Crippen molar-refractivity contribution in [3.8, 4) is 17.3 Å². The van der Waals surface area contributed by atoms with Crippen molar-refractivity contribution in [1.29, 1.82) is 0 Å². The van der Waals surface area contributed by atoms with Gasteiger partial charge < -0.3 is 14.4 Å². The molecule has 5 rings (SSSR count). The monoisotopic (exact) mass is 450 g/mol. The van der Waals surface area contributed by atoms with E-state index in [1.165, 1.54) is 0 Å². The SMILES string of the molecule is O=C(CCc1oc(-n2cnc3ccccc32)nc1-c1cccc(Cl)c1)N1CCC(O)CC1. The molecule has 0 spiro atoms. The number of nitrogens with zero attached hydrogens (tertiary/aromatic N) is 4. The van der Waals surface area contributed by atoms with E-state index in [-0.39, 0.29) is 12.0 Å². The van der Waals surface area contributed by atoms with Crippen molar-refractivity contribution in [3.63, 3.8) is 0 Å². The van der Waals surface area contributed by atoms with Gasteiger partial charge in [-0.1, -0.05) is 35.9 Å². The zero-order valence-electron chi connectivity index (χ0n) is 17.4. The summed E-state index contributed by atoms with van der Waals surface area (Å²) in [5.74, 6) is 0.686. The van der Waals surface area contributed by atoms with Crippen LogP contribution >= 0.6 is 11.6 Å². The number of piperidine rings is 1. The Hall–Kier alpha value is -3.16. The zero-order chi connectivity index (χ0) is 22.1. The lowest BCUT2D eigenvalue weighted by molar-refractivity contribution is -0.133. The molecule has 1 aliphatic heterocycles. The van der Waals surface area contributed by atoms with Gasteiger partial charge in [-0.2, -0.15) is 4.98 Å². The molecule has 0 unspecified atom stereocenters. The van der Waals surface area contributed by atoms with Gasteiger partial charge in [0.1, 0.15) is 17.8 Å². The molecule has 0 bridgehead atoms. The highest BCUT2D eigenvalue weighted by atomic mass is 35.5. The Morgan fingerprint density at radius 2 is 1.97 bits per heavy atom. The molecule has 3 heterocycles. The molecule has 2 aromatic heterocycles. The predicted molar refractivity (Wildman–Crippen MR) is 122 cm³/mol. The molecular weight excluding hydrogens is 428 g/mol. The number of benzene rings is 2. The van der Waals surface area contributed by atoms with Crippen LogP contribution < -0.4 is 0 Å². The van der Waals surface area contributed by atoms with Crippen molar-refractivity contribution >= 4 is 28.5 Å². The number of para-hydroxylation sites is 2. The summed E-state index contributed by atoms with van der Waals surface area (Å²) in [5, 5.41) is 10.3. The van der Waals surface area contributed by atoms with Gasteiger partial charge in [0.2, 0.25) is 5.91 Å².